The van der Waals surface area contributed by atoms with Crippen molar-refractivity contribution in [2.24, 2.45) is 0 Å². The molecule has 1 aliphatic rings. The first-order valence-electron chi connectivity index (χ1n) is 7.02. The van der Waals surface area contributed by atoms with Crippen LogP contribution in [0.5, 0.6) is 0 Å². The van der Waals surface area contributed by atoms with Gasteiger partial charge in [0.15, 0.2) is 23.9 Å². The van der Waals surface area contributed by atoms with Gasteiger partial charge in [0.05, 0.1) is 17.2 Å². The summed E-state index contributed by atoms with van der Waals surface area (Å²) in [5, 5.41) is 0. The number of hydrogen-bond acceptors (Lipinski definition) is 5. The van der Waals surface area contributed by atoms with Crippen molar-refractivity contribution in [2.75, 3.05) is 11.5 Å². The lowest BCUT2D eigenvalue weighted by atomic mass is 10.0. The number of aromatic nitrogens is 1. The SMILES string of the molecule is O=S1(=O)CC(c2ccccc2)CS(=O)(=O)C1=Cc1ccccn1. The molecule has 0 unspecified atom stereocenters. The highest BCUT2D eigenvalue weighted by atomic mass is 32.3. The maximum Gasteiger partial charge on any atom is 0.190 e. The molecule has 0 bridgehead atoms. The molecule has 1 fully saturated rings. The lowest BCUT2D eigenvalue weighted by molar-refractivity contribution is 0.580. The van der Waals surface area contributed by atoms with Crippen molar-refractivity contribution in [1.82, 2.24) is 4.98 Å². The molecule has 1 aromatic carbocycles. The molecule has 0 radical (unpaired) electrons. The van der Waals surface area contributed by atoms with Gasteiger partial charge in [0.2, 0.25) is 0 Å². The highest BCUT2D eigenvalue weighted by Crippen LogP contribution is 2.33. The summed E-state index contributed by atoms with van der Waals surface area (Å²) in [6.07, 6.45) is 2.63. The number of pyridine rings is 1. The van der Waals surface area contributed by atoms with Crippen molar-refractivity contribution in [3.8, 4) is 0 Å². The standard InChI is InChI=1S/C16H15NO4S2/c18-22(19)11-14(13-6-2-1-3-7-13)12-23(20,21)16(22)10-15-8-4-5-9-17-15/h1-10,14H,11-12H2. The maximum atomic E-state index is 12.5. The molecule has 0 aliphatic carbocycles. The van der Waals surface area contributed by atoms with E-state index in [1.54, 1.807) is 42.5 Å². The molecule has 3 rings (SSSR count). The Morgan fingerprint density at radius 2 is 1.48 bits per heavy atom. The third-order valence-electron chi connectivity index (χ3n) is 3.68. The Morgan fingerprint density at radius 1 is 0.870 bits per heavy atom. The smallest absolute Gasteiger partial charge is 0.190 e. The van der Waals surface area contributed by atoms with Gasteiger partial charge in [0, 0.05) is 12.1 Å². The summed E-state index contributed by atoms with van der Waals surface area (Å²) >= 11 is 0. The Balaban J connectivity index is 2.04. The molecule has 120 valence electrons. The van der Waals surface area contributed by atoms with E-state index >= 15 is 0 Å². The topological polar surface area (TPSA) is 81.2 Å². The van der Waals surface area contributed by atoms with Crippen LogP contribution in [0.3, 0.4) is 0 Å². The van der Waals surface area contributed by atoms with E-state index in [0.717, 1.165) is 11.6 Å². The second-order valence-electron chi connectivity index (χ2n) is 5.39. The Morgan fingerprint density at radius 3 is 2.04 bits per heavy atom. The highest BCUT2D eigenvalue weighted by Gasteiger charge is 2.41. The zero-order valence-electron chi connectivity index (χ0n) is 12.2. The summed E-state index contributed by atoms with van der Waals surface area (Å²) in [5.41, 5.74) is 1.03. The Labute approximate surface area is 135 Å². The number of nitrogens with zero attached hydrogens (tertiary/aromatic N) is 1. The van der Waals surface area contributed by atoms with E-state index in [0.29, 0.717) is 5.69 Å². The number of hydrogen-bond donors (Lipinski definition) is 0. The van der Waals surface area contributed by atoms with E-state index in [9.17, 15) is 16.8 Å². The fourth-order valence-corrected chi connectivity index (χ4v) is 7.33. The average molecular weight is 349 g/mol. The van der Waals surface area contributed by atoms with Gasteiger partial charge in [-0.15, -0.1) is 0 Å². The minimum Gasteiger partial charge on any atom is -0.257 e. The van der Waals surface area contributed by atoms with Crippen LogP contribution >= 0.6 is 0 Å². The van der Waals surface area contributed by atoms with Crippen LogP contribution in [0.1, 0.15) is 17.2 Å². The van der Waals surface area contributed by atoms with Crippen molar-refractivity contribution >= 4 is 25.8 Å². The zero-order valence-corrected chi connectivity index (χ0v) is 13.8. The van der Waals surface area contributed by atoms with Crippen molar-refractivity contribution < 1.29 is 16.8 Å². The predicted octanol–water partition coefficient (Wildman–Crippen LogP) is 2.01. The summed E-state index contributed by atoms with van der Waals surface area (Å²) in [7, 11) is -7.79. The first-order chi connectivity index (χ1) is 10.9. The zero-order chi connectivity index (χ0) is 16.5. The van der Waals surface area contributed by atoms with Gasteiger partial charge in [-0.05, 0) is 23.8 Å². The van der Waals surface area contributed by atoms with Crippen LogP contribution < -0.4 is 0 Å². The van der Waals surface area contributed by atoms with E-state index in [-0.39, 0.29) is 11.5 Å². The molecule has 0 saturated carbocycles. The second-order valence-corrected chi connectivity index (χ2v) is 9.65. The number of rotatable bonds is 2. The van der Waals surface area contributed by atoms with Crippen LogP contribution in [-0.2, 0) is 19.7 Å². The molecule has 7 heteroatoms. The predicted molar refractivity (Wildman–Crippen MR) is 89.0 cm³/mol. The Kier molecular flexibility index (Phi) is 4.08. The molecule has 0 amide bonds. The summed E-state index contributed by atoms with van der Waals surface area (Å²) in [6, 6.07) is 13.8. The Hall–Kier alpha value is -1.99. The molecule has 2 aromatic rings. The first kappa shape index (κ1) is 15.9. The summed E-state index contributed by atoms with van der Waals surface area (Å²) in [6.45, 7) is 0. The maximum absolute atomic E-state index is 12.5. The largest absolute Gasteiger partial charge is 0.257 e. The normalized spacial score (nSPS) is 22.4. The molecule has 2 heterocycles. The van der Waals surface area contributed by atoms with Crippen molar-refractivity contribution in [3.05, 3.63) is 70.2 Å². The Bertz CT molecular complexity index is 896. The van der Waals surface area contributed by atoms with Gasteiger partial charge in [-0.3, -0.25) is 4.98 Å². The quantitative estimate of drug-likeness (QED) is 0.828. The van der Waals surface area contributed by atoms with E-state index in [1.807, 2.05) is 6.07 Å². The van der Waals surface area contributed by atoms with Crippen LogP contribution in [0, 0.1) is 0 Å². The molecule has 1 aromatic heterocycles. The molecule has 0 atom stereocenters. The van der Waals surface area contributed by atoms with Crippen LogP contribution in [0.2, 0.25) is 0 Å². The molecular weight excluding hydrogens is 334 g/mol. The van der Waals surface area contributed by atoms with Crippen molar-refractivity contribution in [1.29, 1.82) is 0 Å². The minimum absolute atomic E-state index is 0.213. The van der Waals surface area contributed by atoms with E-state index in [4.69, 9.17) is 0 Å². The second kappa shape index (κ2) is 5.90. The van der Waals surface area contributed by atoms with Crippen molar-refractivity contribution in [3.63, 3.8) is 0 Å². The summed E-state index contributed by atoms with van der Waals surface area (Å²) in [4.78, 5) is 3.98. The lowest BCUT2D eigenvalue weighted by Gasteiger charge is -2.24. The molecule has 1 saturated heterocycles. The van der Waals surface area contributed by atoms with Gasteiger partial charge in [0.25, 0.3) is 0 Å². The van der Waals surface area contributed by atoms with Crippen LogP contribution in [0.25, 0.3) is 6.08 Å². The van der Waals surface area contributed by atoms with Gasteiger partial charge in [-0.1, -0.05) is 36.4 Å². The van der Waals surface area contributed by atoms with Gasteiger partial charge >= 0.3 is 0 Å². The molecular formula is C16H15NO4S2. The van der Waals surface area contributed by atoms with E-state index in [1.165, 1.54) is 6.20 Å². The van der Waals surface area contributed by atoms with Gasteiger partial charge in [-0.2, -0.15) is 0 Å². The van der Waals surface area contributed by atoms with Gasteiger partial charge < -0.3 is 0 Å². The monoisotopic (exact) mass is 349 g/mol. The third kappa shape index (κ3) is 3.35. The summed E-state index contributed by atoms with van der Waals surface area (Å²) in [5.74, 6) is -0.976. The molecule has 0 N–H and O–H groups in total. The lowest BCUT2D eigenvalue weighted by Crippen LogP contribution is -2.33. The van der Waals surface area contributed by atoms with Crippen LogP contribution in [0.4, 0.5) is 0 Å². The highest BCUT2D eigenvalue weighted by molar-refractivity contribution is 8.15. The van der Waals surface area contributed by atoms with Crippen molar-refractivity contribution in [2.45, 2.75) is 5.92 Å². The number of sulfone groups is 2. The fraction of sp³-hybridized carbons (Fsp3) is 0.188. The van der Waals surface area contributed by atoms with Gasteiger partial charge in [0.1, 0.15) is 0 Å². The molecule has 0 spiro atoms. The fourth-order valence-electron chi connectivity index (χ4n) is 2.61. The summed E-state index contributed by atoms with van der Waals surface area (Å²) < 4.78 is 49.5. The molecule has 23 heavy (non-hydrogen) atoms. The molecule has 1 aliphatic heterocycles. The third-order valence-corrected chi connectivity index (χ3v) is 8.35. The molecule has 5 nitrogen and oxygen atoms in total. The average Bonchev–Trinajstić information content (AvgIpc) is 2.52. The van der Waals surface area contributed by atoms with Gasteiger partial charge in [-0.25, -0.2) is 16.8 Å². The van der Waals surface area contributed by atoms with E-state index in [2.05, 4.69) is 4.98 Å². The number of benzene rings is 1. The van der Waals surface area contributed by atoms with E-state index < -0.39 is 29.8 Å². The first-order valence-corrected chi connectivity index (χ1v) is 10.3. The van der Waals surface area contributed by atoms with Crippen LogP contribution in [0.15, 0.2) is 59.0 Å². The minimum atomic E-state index is -3.89. The van der Waals surface area contributed by atoms with Crippen LogP contribution in [-0.4, -0.2) is 33.3 Å².